The lowest BCUT2D eigenvalue weighted by atomic mass is 9.92. The molecular formula is C12H18BrClN2O. The van der Waals surface area contributed by atoms with Crippen LogP contribution in [0.15, 0.2) is 28.7 Å². The first-order valence-corrected chi connectivity index (χ1v) is 5.98. The van der Waals surface area contributed by atoms with Crippen LogP contribution in [0.4, 0.5) is 0 Å². The van der Waals surface area contributed by atoms with Crippen LogP contribution in [0, 0.1) is 5.41 Å². The highest BCUT2D eigenvalue weighted by atomic mass is 79.9. The fourth-order valence-corrected chi connectivity index (χ4v) is 1.38. The quantitative estimate of drug-likeness (QED) is 0.895. The minimum atomic E-state index is -0.505. The third kappa shape index (κ3) is 5.06. The molecule has 0 bridgehead atoms. The van der Waals surface area contributed by atoms with Crippen LogP contribution in [-0.4, -0.2) is 12.5 Å². The summed E-state index contributed by atoms with van der Waals surface area (Å²) in [5.74, 6) is -0.0158. The minimum absolute atomic E-state index is 0. The van der Waals surface area contributed by atoms with Crippen molar-refractivity contribution in [1.29, 1.82) is 0 Å². The number of nitrogens with one attached hydrogen (secondary N) is 1. The molecule has 1 aromatic carbocycles. The highest BCUT2D eigenvalue weighted by Crippen LogP contribution is 2.13. The number of hydrogen-bond acceptors (Lipinski definition) is 2. The second kappa shape index (κ2) is 6.99. The third-order valence-electron chi connectivity index (χ3n) is 2.49. The van der Waals surface area contributed by atoms with Crippen molar-refractivity contribution < 1.29 is 4.79 Å². The van der Waals surface area contributed by atoms with Crippen molar-refractivity contribution in [2.45, 2.75) is 20.4 Å². The van der Waals surface area contributed by atoms with Crippen LogP contribution < -0.4 is 11.1 Å². The Labute approximate surface area is 117 Å². The first-order valence-electron chi connectivity index (χ1n) is 5.18. The summed E-state index contributed by atoms with van der Waals surface area (Å²) in [5.41, 5.74) is 6.10. The van der Waals surface area contributed by atoms with Gasteiger partial charge in [0, 0.05) is 17.6 Å². The maximum Gasteiger partial charge on any atom is 0.227 e. The Balaban J connectivity index is 0.00000256. The van der Waals surface area contributed by atoms with Crippen molar-refractivity contribution in [3.8, 4) is 0 Å². The molecule has 0 fully saturated rings. The highest BCUT2D eigenvalue weighted by molar-refractivity contribution is 9.10. The van der Waals surface area contributed by atoms with E-state index in [9.17, 15) is 4.79 Å². The number of hydrogen-bond donors (Lipinski definition) is 2. The summed E-state index contributed by atoms with van der Waals surface area (Å²) in [7, 11) is 0. The zero-order valence-electron chi connectivity index (χ0n) is 10.00. The van der Waals surface area contributed by atoms with Gasteiger partial charge in [0.2, 0.25) is 5.91 Å². The van der Waals surface area contributed by atoms with E-state index in [2.05, 4.69) is 21.2 Å². The van der Waals surface area contributed by atoms with E-state index in [4.69, 9.17) is 5.73 Å². The van der Waals surface area contributed by atoms with Crippen LogP contribution in [0.25, 0.3) is 0 Å². The van der Waals surface area contributed by atoms with E-state index in [1.54, 1.807) is 0 Å². The van der Waals surface area contributed by atoms with Gasteiger partial charge >= 0.3 is 0 Å². The molecule has 0 aromatic heterocycles. The standard InChI is InChI=1S/C12H17BrN2O.ClH/c1-12(2,8-14)11(16)15-7-9-3-5-10(13)6-4-9;/h3-6H,7-8,14H2,1-2H3,(H,15,16);1H. The summed E-state index contributed by atoms with van der Waals surface area (Å²) in [5, 5.41) is 2.88. The molecule has 0 saturated heterocycles. The zero-order valence-corrected chi connectivity index (χ0v) is 12.4. The van der Waals surface area contributed by atoms with Gasteiger partial charge in [-0.15, -0.1) is 12.4 Å². The zero-order chi connectivity index (χ0) is 12.2. The number of carbonyl (C=O) groups is 1. The number of nitrogens with two attached hydrogens (primary N) is 1. The Morgan fingerprint density at radius 2 is 1.88 bits per heavy atom. The molecule has 1 aromatic rings. The van der Waals surface area contributed by atoms with Gasteiger partial charge in [0.25, 0.3) is 0 Å². The molecule has 3 nitrogen and oxygen atoms in total. The number of amides is 1. The number of benzene rings is 1. The molecule has 0 aliphatic heterocycles. The minimum Gasteiger partial charge on any atom is -0.352 e. The molecule has 0 radical (unpaired) electrons. The van der Waals surface area contributed by atoms with Crippen LogP contribution in [0.1, 0.15) is 19.4 Å². The summed E-state index contributed by atoms with van der Waals surface area (Å²) >= 11 is 3.36. The van der Waals surface area contributed by atoms with E-state index in [-0.39, 0.29) is 18.3 Å². The summed E-state index contributed by atoms with van der Waals surface area (Å²) in [6.45, 7) is 4.56. The lowest BCUT2D eigenvalue weighted by molar-refractivity contribution is -0.129. The van der Waals surface area contributed by atoms with Gasteiger partial charge in [0.05, 0.1) is 5.41 Å². The van der Waals surface area contributed by atoms with Crippen molar-refractivity contribution in [2.24, 2.45) is 11.1 Å². The molecule has 0 aliphatic rings. The molecule has 1 rings (SSSR count). The number of rotatable bonds is 4. The van der Waals surface area contributed by atoms with Crippen molar-refractivity contribution in [2.75, 3.05) is 6.54 Å². The molecular weight excluding hydrogens is 304 g/mol. The van der Waals surface area contributed by atoms with Gasteiger partial charge in [0.15, 0.2) is 0 Å². The van der Waals surface area contributed by atoms with Crippen LogP contribution in [-0.2, 0) is 11.3 Å². The fraction of sp³-hybridized carbons (Fsp3) is 0.417. The lowest BCUT2D eigenvalue weighted by Crippen LogP contribution is -2.41. The van der Waals surface area contributed by atoms with E-state index in [1.807, 2.05) is 38.1 Å². The summed E-state index contributed by atoms with van der Waals surface area (Å²) in [6.07, 6.45) is 0. The predicted octanol–water partition coefficient (Wildman–Crippen LogP) is 2.47. The number of carbonyl (C=O) groups excluding carboxylic acids is 1. The third-order valence-corrected chi connectivity index (χ3v) is 3.02. The molecule has 1 amide bonds. The summed E-state index contributed by atoms with van der Waals surface area (Å²) in [4.78, 5) is 11.7. The molecule has 17 heavy (non-hydrogen) atoms. The van der Waals surface area contributed by atoms with Crippen LogP contribution in [0.5, 0.6) is 0 Å². The Kier molecular flexibility index (Phi) is 6.75. The summed E-state index contributed by atoms with van der Waals surface area (Å²) < 4.78 is 1.03. The monoisotopic (exact) mass is 320 g/mol. The fourth-order valence-electron chi connectivity index (χ4n) is 1.12. The molecule has 0 aliphatic carbocycles. The number of halogens is 2. The van der Waals surface area contributed by atoms with Gasteiger partial charge in [-0.25, -0.2) is 0 Å². The topological polar surface area (TPSA) is 55.1 Å². The van der Waals surface area contributed by atoms with Gasteiger partial charge in [-0.3, -0.25) is 4.79 Å². The van der Waals surface area contributed by atoms with Gasteiger partial charge in [-0.1, -0.05) is 28.1 Å². The van der Waals surface area contributed by atoms with Gasteiger partial charge in [-0.05, 0) is 31.5 Å². The first kappa shape index (κ1) is 16.4. The SMILES string of the molecule is CC(C)(CN)C(=O)NCc1ccc(Br)cc1.Cl. The van der Waals surface area contributed by atoms with Crippen molar-refractivity contribution in [1.82, 2.24) is 5.32 Å². The maximum absolute atomic E-state index is 11.7. The van der Waals surface area contributed by atoms with Gasteiger partial charge in [-0.2, -0.15) is 0 Å². The van der Waals surface area contributed by atoms with Crippen LogP contribution in [0.2, 0.25) is 0 Å². The molecule has 0 unspecified atom stereocenters. The molecule has 96 valence electrons. The normalized spacial score (nSPS) is 10.6. The Morgan fingerprint density at radius 3 is 2.35 bits per heavy atom. The predicted molar refractivity (Wildman–Crippen MR) is 76.1 cm³/mol. The van der Waals surface area contributed by atoms with Crippen LogP contribution >= 0.6 is 28.3 Å². The van der Waals surface area contributed by atoms with E-state index in [0.717, 1.165) is 10.0 Å². The molecule has 0 atom stereocenters. The maximum atomic E-state index is 11.7. The van der Waals surface area contributed by atoms with E-state index in [1.165, 1.54) is 0 Å². The van der Waals surface area contributed by atoms with Crippen LogP contribution in [0.3, 0.4) is 0 Å². The van der Waals surface area contributed by atoms with E-state index < -0.39 is 5.41 Å². The average Bonchev–Trinajstić information content (AvgIpc) is 2.28. The Morgan fingerprint density at radius 1 is 1.35 bits per heavy atom. The van der Waals surface area contributed by atoms with Gasteiger partial charge in [0.1, 0.15) is 0 Å². The molecule has 3 N–H and O–H groups in total. The average molecular weight is 322 g/mol. The smallest absolute Gasteiger partial charge is 0.227 e. The van der Waals surface area contributed by atoms with E-state index >= 15 is 0 Å². The van der Waals surface area contributed by atoms with E-state index in [0.29, 0.717) is 13.1 Å². The molecule has 0 spiro atoms. The second-order valence-corrected chi connectivity index (χ2v) is 5.31. The van der Waals surface area contributed by atoms with Gasteiger partial charge < -0.3 is 11.1 Å². The van der Waals surface area contributed by atoms with Crippen molar-refractivity contribution >= 4 is 34.2 Å². The summed E-state index contributed by atoms with van der Waals surface area (Å²) in [6, 6.07) is 7.85. The van der Waals surface area contributed by atoms with Crippen molar-refractivity contribution in [3.05, 3.63) is 34.3 Å². The molecule has 0 heterocycles. The first-order chi connectivity index (χ1) is 7.45. The van der Waals surface area contributed by atoms with Crippen molar-refractivity contribution in [3.63, 3.8) is 0 Å². The lowest BCUT2D eigenvalue weighted by Gasteiger charge is -2.21. The Bertz CT molecular complexity index is 365. The second-order valence-electron chi connectivity index (χ2n) is 4.40. The molecule has 0 saturated carbocycles. The molecule has 5 heteroatoms. The largest absolute Gasteiger partial charge is 0.352 e. The highest BCUT2D eigenvalue weighted by Gasteiger charge is 2.25. The Hall–Kier alpha value is -0.580.